The zero-order chi connectivity index (χ0) is 14.4. The fraction of sp³-hybridized carbons (Fsp3) is 0.688. The molecule has 0 bridgehead atoms. The van der Waals surface area contributed by atoms with E-state index in [2.05, 4.69) is 17.2 Å². The summed E-state index contributed by atoms with van der Waals surface area (Å²) in [7, 11) is 1.98. The van der Waals surface area contributed by atoms with E-state index < -0.39 is 0 Å². The molecule has 1 fully saturated rings. The molecule has 0 radical (unpaired) electrons. The average molecular weight is 279 g/mol. The van der Waals surface area contributed by atoms with Crippen LogP contribution in [-0.2, 0) is 6.54 Å². The molecule has 1 heterocycles. The van der Waals surface area contributed by atoms with Crippen LogP contribution in [0.15, 0.2) is 12.3 Å². The molecule has 0 aliphatic heterocycles. The van der Waals surface area contributed by atoms with Crippen molar-refractivity contribution in [3.8, 4) is 0 Å². The summed E-state index contributed by atoms with van der Waals surface area (Å²) in [5.74, 6) is 0.344. The quantitative estimate of drug-likeness (QED) is 0.808. The highest BCUT2D eigenvalue weighted by atomic mass is 19.1. The monoisotopic (exact) mass is 279 g/mol. The summed E-state index contributed by atoms with van der Waals surface area (Å²) >= 11 is 0. The minimum atomic E-state index is -0.163. The zero-order valence-electron chi connectivity index (χ0n) is 12.7. The molecule has 0 saturated heterocycles. The summed E-state index contributed by atoms with van der Waals surface area (Å²) in [6.45, 7) is 3.60. The normalized spacial score (nSPS) is 16.4. The van der Waals surface area contributed by atoms with Crippen molar-refractivity contribution in [2.24, 2.45) is 0 Å². The Balaban J connectivity index is 2.08. The maximum atomic E-state index is 14.6. The van der Waals surface area contributed by atoms with Crippen LogP contribution >= 0.6 is 0 Å². The Hall–Kier alpha value is -1.16. The van der Waals surface area contributed by atoms with Crippen LogP contribution in [-0.4, -0.2) is 24.6 Å². The molecule has 1 N–H and O–H groups in total. The number of hydrogen-bond donors (Lipinski definition) is 1. The fourth-order valence-corrected chi connectivity index (χ4v) is 2.89. The third-order valence-electron chi connectivity index (χ3n) is 4.15. The van der Waals surface area contributed by atoms with Gasteiger partial charge in [-0.2, -0.15) is 0 Å². The predicted octanol–water partition coefficient (Wildman–Crippen LogP) is 3.49. The molecule has 3 nitrogen and oxygen atoms in total. The standard InChI is InChI=1S/C16H26FN3/c1-3-10-18-12-13-9-11-19-16(15(13)17)20(2)14-7-5-4-6-8-14/h9,11,14,18H,3-8,10,12H2,1-2H3. The minimum absolute atomic E-state index is 0.163. The van der Waals surface area contributed by atoms with Gasteiger partial charge in [0.2, 0.25) is 0 Å². The van der Waals surface area contributed by atoms with Crippen LogP contribution in [0.3, 0.4) is 0 Å². The predicted molar refractivity (Wildman–Crippen MR) is 81.5 cm³/mol. The summed E-state index contributed by atoms with van der Waals surface area (Å²) < 4.78 is 14.6. The van der Waals surface area contributed by atoms with Crippen LogP contribution in [0.1, 0.15) is 51.0 Å². The summed E-state index contributed by atoms with van der Waals surface area (Å²) in [5, 5.41) is 3.25. The van der Waals surface area contributed by atoms with Crippen molar-refractivity contribution in [3.05, 3.63) is 23.6 Å². The third-order valence-corrected chi connectivity index (χ3v) is 4.15. The molecule has 1 aliphatic rings. The van der Waals surface area contributed by atoms with E-state index in [0.29, 0.717) is 24.0 Å². The van der Waals surface area contributed by atoms with E-state index in [1.807, 2.05) is 11.9 Å². The molecule has 0 amide bonds. The number of hydrogen-bond acceptors (Lipinski definition) is 3. The number of halogens is 1. The highest BCUT2D eigenvalue weighted by Gasteiger charge is 2.22. The Kier molecular flexibility index (Phi) is 5.77. The Morgan fingerprint density at radius 1 is 1.35 bits per heavy atom. The van der Waals surface area contributed by atoms with Crippen molar-refractivity contribution < 1.29 is 4.39 Å². The first-order chi connectivity index (χ1) is 9.74. The van der Waals surface area contributed by atoms with Gasteiger partial charge in [0, 0.05) is 31.4 Å². The van der Waals surface area contributed by atoms with E-state index in [4.69, 9.17) is 0 Å². The Morgan fingerprint density at radius 3 is 2.80 bits per heavy atom. The molecule has 20 heavy (non-hydrogen) atoms. The molecule has 1 aromatic heterocycles. The number of nitrogens with zero attached hydrogens (tertiary/aromatic N) is 2. The Morgan fingerprint density at radius 2 is 2.10 bits per heavy atom. The third kappa shape index (κ3) is 3.69. The molecule has 1 saturated carbocycles. The second-order valence-corrected chi connectivity index (χ2v) is 5.69. The largest absolute Gasteiger partial charge is 0.354 e. The van der Waals surface area contributed by atoms with Gasteiger partial charge in [-0.15, -0.1) is 0 Å². The van der Waals surface area contributed by atoms with Crippen molar-refractivity contribution in [3.63, 3.8) is 0 Å². The number of aromatic nitrogens is 1. The van der Waals surface area contributed by atoms with Crippen molar-refractivity contribution >= 4 is 5.82 Å². The topological polar surface area (TPSA) is 28.2 Å². The molecular weight excluding hydrogens is 253 g/mol. The van der Waals surface area contributed by atoms with Gasteiger partial charge in [0.15, 0.2) is 11.6 Å². The molecule has 4 heteroatoms. The van der Waals surface area contributed by atoms with Gasteiger partial charge in [0.1, 0.15) is 0 Å². The van der Waals surface area contributed by atoms with Crippen molar-refractivity contribution in [1.29, 1.82) is 0 Å². The Labute approximate surface area is 121 Å². The molecule has 2 rings (SSSR count). The van der Waals surface area contributed by atoms with Crippen molar-refractivity contribution in [2.75, 3.05) is 18.5 Å². The van der Waals surface area contributed by atoms with Gasteiger partial charge in [0.05, 0.1) is 0 Å². The van der Waals surface area contributed by atoms with Crippen molar-refractivity contribution in [1.82, 2.24) is 10.3 Å². The van der Waals surface area contributed by atoms with Gasteiger partial charge < -0.3 is 10.2 Å². The van der Waals surface area contributed by atoms with E-state index in [-0.39, 0.29) is 5.82 Å². The Bertz CT molecular complexity index is 416. The second-order valence-electron chi connectivity index (χ2n) is 5.69. The lowest BCUT2D eigenvalue weighted by molar-refractivity contribution is 0.421. The van der Waals surface area contributed by atoms with E-state index in [1.54, 1.807) is 12.3 Å². The number of pyridine rings is 1. The summed E-state index contributed by atoms with van der Waals surface area (Å²) in [4.78, 5) is 6.30. The number of anilines is 1. The SMILES string of the molecule is CCCNCc1ccnc(N(C)C2CCCCC2)c1F. The van der Waals surface area contributed by atoms with Crippen LogP contribution in [0.2, 0.25) is 0 Å². The fourth-order valence-electron chi connectivity index (χ4n) is 2.89. The number of rotatable bonds is 6. The van der Waals surface area contributed by atoms with E-state index in [0.717, 1.165) is 25.8 Å². The van der Waals surface area contributed by atoms with Gasteiger partial charge in [-0.3, -0.25) is 0 Å². The first-order valence-electron chi connectivity index (χ1n) is 7.81. The van der Waals surface area contributed by atoms with E-state index >= 15 is 0 Å². The van der Waals surface area contributed by atoms with Gasteiger partial charge in [-0.1, -0.05) is 26.2 Å². The molecule has 1 aromatic rings. The number of nitrogens with one attached hydrogen (secondary N) is 1. The molecule has 112 valence electrons. The first kappa shape index (κ1) is 15.2. The lowest BCUT2D eigenvalue weighted by Crippen LogP contribution is -2.34. The molecule has 0 spiro atoms. The molecule has 0 aromatic carbocycles. The lowest BCUT2D eigenvalue weighted by atomic mass is 9.94. The van der Waals surface area contributed by atoms with Crippen molar-refractivity contribution in [2.45, 2.75) is 58.0 Å². The van der Waals surface area contributed by atoms with E-state index in [9.17, 15) is 4.39 Å². The highest BCUT2D eigenvalue weighted by Crippen LogP contribution is 2.27. The van der Waals surface area contributed by atoms with Crippen LogP contribution in [0.25, 0.3) is 0 Å². The molecule has 1 aliphatic carbocycles. The van der Waals surface area contributed by atoms with Crippen LogP contribution < -0.4 is 10.2 Å². The lowest BCUT2D eigenvalue weighted by Gasteiger charge is -2.32. The highest BCUT2D eigenvalue weighted by molar-refractivity contribution is 5.43. The summed E-state index contributed by atoms with van der Waals surface area (Å²) in [6.07, 6.45) is 8.87. The zero-order valence-corrected chi connectivity index (χ0v) is 12.7. The van der Waals surface area contributed by atoms with E-state index in [1.165, 1.54) is 19.3 Å². The van der Waals surface area contributed by atoms with Gasteiger partial charge in [-0.25, -0.2) is 9.37 Å². The molecule has 0 atom stereocenters. The summed E-state index contributed by atoms with van der Waals surface area (Å²) in [6, 6.07) is 2.21. The maximum absolute atomic E-state index is 14.6. The molecular formula is C16H26FN3. The average Bonchev–Trinajstić information content (AvgIpc) is 2.49. The van der Waals surface area contributed by atoms with Gasteiger partial charge in [-0.05, 0) is 31.9 Å². The minimum Gasteiger partial charge on any atom is -0.354 e. The van der Waals surface area contributed by atoms with Crippen LogP contribution in [0.4, 0.5) is 10.2 Å². The van der Waals surface area contributed by atoms with Crippen LogP contribution in [0.5, 0.6) is 0 Å². The second kappa shape index (κ2) is 7.58. The summed E-state index contributed by atoms with van der Waals surface area (Å²) in [5.41, 5.74) is 0.714. The molecule has 0 unspecified atom stereocenters. The first-order valence-corrected chi connectivity index (χ1v) is 7.81. The smallest absolute Gasteiger partial charge is 0.170 e. The maximum Gasteiger partial charge on any atom is 0.170 e. The van der Waals surface area contributed by atoms with Crippen LogP contribution in [0, 0.1) is 5.82 Å². The van der Waals surface area contributed by atoms with Gasteiger partial charge >= 0.3 is 0 Å². The van der Waals surface area contributed by atoms with Gasteiger partial charge in [0.25, 0.3) is 0 Å².